The summed E-state index contributed by atoms with van der Waals surface area (Å²) < 4.78 is 0. The van der Waals surface area contributed by atoms with Gasteiger partial charge >= 0.3 is 0 Å². The summed E-state index contributed by atoms with van der Waals surface area (Å²) in [5, 5.41) is 8.53. The van der Waals surface area contributed by atoms with Crippen LogP contribution in [-0.2, 0) is 0 Å². The molecule has 0 bridgehead atoms. The average molecular weight is 205 g/mol. The molecule has 1 aromatic heterocycles. The van der Waals surface area contributed by atoms with Crippen molar-refractivity contribution in [3.63, 3.8) is 0 Å². The van der Waals surface area contributed by atoms with E-state index in [0.29, 0.717) is 24.6 Å². The second-order valence-corrected chi connectivity index (χ2v) is 3.19. The van der Waals surface area contributed by atoms with Gasteiger partial charge in [0.2, 0.25) is 0 Å². The summed E-state index contributed by atoms with van der Waals surface area (Å²) in [6.45, 7) is 5.30. The number of nitriles is 1. The first-order valence-corrected chi connectivity index (χ1v) is 4.90. The first kappa shape index (κ1) is 11.2. The van der Waals surface area contributed by atoms with Crippen molar-refractivity contribution in [3.05, 3.63) is 11.9 Å². The summed E-state index contributed by atoms with van der Waals surface area (Å²) in [6, 6.07) is 3.85. The van der Waals surface area contributed by atoms with Gasteiger partial charge in [0, 0.05) is 19.2 Å². The molecule has 0 aliphatic rings. The molecular weight excluding hydrogens is 190 g/mol. The molecule has 5 heteroatoms. The van der Waals surface area contributed by atoms with Gasteiger partial charge in [0.1, 0.15) is 17.5 Å². The zero-order valence-corrected chi connectivity index (χ0v) is 9.06. The Balaban J connectivity index is 2.87. The minimum atomic E-state index is 0.466. The largest absolute Gasteiger partial charge is 0.384 e. The number of anilines is 2. The molecule has 0 amide bonds. The Labute approximate surface area is 89.6 Å². The van der Waals surface area contributed by atoms with Crippen LogP contribution in [0.2, 0.25) is 0 Å². The number of hydrogen-bond acceptors (Lipinski definition) is 5. The molecule has 0 unspecified atom stereocenters. The number of nitrogen functional groups attached to an aromatic ring is 1. The lowest BCUT2D eigenvalue weighted by atomic mass is 10.3. The van der Waals surface area contributed by atoms with E-state index in [0.717, 1.165) is 12.4 Å². The average Bonchev–Trinajstić information content (AvgIpc) is 2.17. The van der Waals surface area contributed by atoms with Crippen LogP contribution in [0, 0.1) is 18.3 Å². The molecule has 1 aromatic rings. The minimum absolute atomic E-state index is 0.466. The van der Waals surface area contributed by atoms with Crippen molar-refractivity contribution in [3.8, 4) is 6.07 Å². The van der Waals surface area contributed by atoms with E-state index >= 15 is 0 Å². The van der Waals surface area contributed by atoms with Gasteiger partial charge < -0.3 is 10.6 Å². The van der Waals surface area contributed by atoms with Crippen molar-refractivity contribution in [2.24, 2.45) is 0 Å². The maximum atomic E-state index is 8.53. The van der Waals surface area contributed by atoms with E-state index < -0.39 is 0 Å². The number of rotatable bonds is 4. The van der Waals surface area contributed by atoms with Crippen molar-refractivity contribution in [1.82, 2.24) is 9.97 Å². The lowest BCUT2D eigenvalue weighted by molar-refractivity contribution is 0.803. The molecule has 5 nitrogen and oxygen atoms in total. The number of nitrogens with zero attached hydrogens (tertiary/aromatic N) is 4. The van der Waals surface area contributed by atoms with Gasteiger partial charge in [-0.25, -0.2) is 9.97 Å². The predicted molar refractivity (Wildman–Crippen MR) is 59.3 cm³/mol. The summed E-state index contributed by atoms with van der Waals surface area (Å²) in [6.07, 6.45) is 0.483. The number of hydrogen-bond donors (Lipinski definition) is 1. The first-order chi connectivity index (χ1) is 7.17. The summed E-state index contributed by atoms with van der Waals surface area (Å²) in [5.74, 6) is 1.91. The van der Waals surface area contributed by atoms with Crippen LogP contribution in [-0.4, -0.2) is 23.1 Å². The number of nitrogens with two attached hydrogens (primary N) is 1. The molecule has 15 heavy (non-hydrogen) atoms. The van der Waals surface area contributed by atoms with Gasteiger partial charge in [-0.1, -0.05) is 0 Å². The molecule has 0 saturated carbocycles. The van der Waals surface area contributed by atoms with Crippen molar-refractivity contribution < 1.29 is 0 Å². The zero-order valence-electron chi connectivity index (χ0n) is 9.06. The third kappa shape index (κ3) is 3.09. The maximum Gasteiger partial charge on any atom is 0.134 e. The molecular formula is C10H15N5. The van der Waals surface area contributed by atoms with Crippen molar-refractivity contribution in [2.75, 3.05) is 23.7 Å². The van der Waals surface area contributed by atoms with Crippen LogP contribution in [0.25, 0.3) is 0 Å². The Bertz CT molecular complexity index is 348. The van der Waals surface area contributed by atoms with E-state index in [2.05, 4.69) is 16.0 Å². The van der Waals surface area contributed by atoms with E-state index in [-0.39, 0.29) is 0 Å². The molecule has 0 aliphatic heterocycles. The van der Waals surface area contributed by atoms with Crippen LogP contribution < -0.4 is 10.6 Å². The second-order valence-electron chi connectivity index (χ2n) is 3.19. The number of aryl methyl sites for hydroxylation is 1. The lowest BCUT2D eigenvalue weighted by Gasteiger charge is -2.20. The predicted octanol–water partition coefficient (Wildman–Crippen LogP) is 1.11. The molecule has 2 N–H and O–H groups in total. The standard InChI is InChI=1S/C10H15N5/c1-3-15(6-4-5-11)10-7-9(12)13-8(2)14-10/h7H,3-4,6H2,1-2H3,(H2,12,13,14). The minimum Gasteiger partial charge on any atom is -0.384 e. The van der Waals surface area contributed by atoms with Gasteiger partial charge in [0.25, 0.3) is 0 Å². The summed E-state index contributed by atoms with van der Waals surface area (Å²) in [5.41, 5.74) is 5.64. The van der Waals surface area contributed by atoms with Gasteiger partial charge in [-0.2, -0.15) is 5.26 Å². The summed E-state index contributed by atoms with van der Waals surface area (Å²) >= 11 is 0. The highest BCUT2D eigenvalue weighted by molar-refractivity contribution is 5.46. The molecule has 0 saturated heterocycles. The highest BCUT2D eigenvalue weighted by atomic mass is 15.2. The molecule has 1 heterocycles. The molecule has 0 radical (unpaired) electrons. The fourth-order valence-corrected chi connectivity index (χ4v) is 1.36. The molecule has 0 spiro atoms. The van der Waals surface area contributed by atoms with Gasteiger partial charge in [0.05, 0.1) is 12.5 Å². The van der Waals surface area contributed by atoms with Gasteiger partial charge in [-0.3, -0.25) is 0 Å². The van der Waals surface area contributed by atoms with Crippen LogP contribution >= 0.6 is 0 Å². The third-order valence-electron chi connectivity index (χ3n) is 2.04. The van der Waals surface area contributed by atoms with E-state index in [1.54, 1.807) is 13.0 Å². The van der Waals surface area contributed by atoms with Crippen LogP contribution in [0.3, 0.4) is 0 Å². The lowest BCUT2D eigenvalue weighted by Crippen LogP contribution is -2.25. The van der Waals surface area contributed by atoms with Crippen LogP contribution in [0.5, 0.6) is 0 Å². The fraction of sp³-hybridized carbons (Fsp3) is 0.500. The van der Waals surface area contributed by atoms with E-state index in [1.165, 1.54) is 0 Å². The van der Waals surface area contributed by atoms with E-state index in [1.807, 2.05) is 11.8 Å². The quantitative estimate of drug-likeness (QED) is 0.796. The Morgan fingerprint density at radius 3 is 2.80 bits per heavy atom. The topological polar surface area (TPSA) is 78.8 Å². The molecule has 0 atom stereocenters. The fourth-order valence-electron chi connectivity index (χ4n) is 1.36. The monoisotopic (exact) mass is 205 g/mol. The highest BCUT2D eigenvalue weighted by Crippen LogP contribution is 2.13. The summed E-state index contributed by atoms with van der Waals surface area (Å²) in [4.78, 5) is 10.3. The van der Waals surface area contributed by atoms with E-state index in [9.17, 15) is 0 Å². The smallest absolute Gasteiger partial charge is 0.134 e. The van der Waals surface area contributed by atoms with Crippen molar-refractivity contribution in [1.29, 1.82) is 5.26 Å². The molecule has 0 aromatic carbocycles. The maximum absolute atomic E-state index is 8.53. The number of aromatic nitrogens is 2. The third-order valence-corrected chi connectivity index (χ3v) is 2.04. The Hall–Kier alpha value is -1.83. The molecule has 1 rings (SSSR count). The first-order valence-electron chi connectivity index (χ1n) is 4.90. The molecule has 80 valence electrons. The van der Waals surface area contributed by atoms with Gasteiger partial charge in [-0.05, 0) is 13.8 Å². The Kier molecular flexibility index (Phi) is 3.86. The Morgan fingerprint density at radius 1 is 1.53 bits per heavy atom. The van der Waals surface area contributed by atoms with Crippen LogP contribution in [0.4, 0.5) is 11.6 Å². The van der Waals surface area contributed by atoms with Crippen molar-refractivity contribution in [2.45, 2.75) is 20.3 Å². The normalized spacial score (nSPS) is 9.67. The van der Waals surface area contributed by atoms with Crippen LogP contribution in [0.1, 0.15) is 19.2 Å². The van der Waals surface area contributed by atoms with E-state index in [4.69, 9.17) is 11.0 Å². The Morgan fingerprint density at radius 2 is 2.27 bits per heavy atom. The SMILES string of the molecule is CCN(CCC#N)c1cc(N)nc(C)n1. The van der Waals surface area contributed by atoms with Crippen LogP contribution in [0.15, 0.2) is 6.07 Å². The van der Waals surface area contributed by atoms with Gasteiger partial charge in [-0.15, -0.1) is 0 Å². The summed E-state index contributed by atoms with van der Waals surface area (Å²) in [7, 11) is 0. The van der Waals surface area contributed by atoms with Crippen molar-refractivity contribution >= 4 is 11.6 Å². The molecule has 0 aliphatic carbocycles. The zero-order chi connectivity index (χ0) is 11.3. The van der Waals surface area contributed by atoms with Gasteiger partial charge in [0.15, 0.2) is 0 Å². The highest BCUT2D eigenvalue weighted by Gasteiger charge is 2.07. The second kappa shape index (κ2) is 5.15. The molecule has 0 fully saturated rings.